The van der Waals surface area contributed by atoms with Crippen LogP contribution in [0, 0.1) is 0 Å². The fourth-order valence-corrected chi connectivity index (χ4v) is 3.64. The van der Waals surface area contributed by atoms with Crippen molar-refractivity contribution in [3.05, 3.63) is 60.5 Å². The largest absolute Gasteiger partial charge is 0.494 e. The molecule has 0 bridgehead atoms. The molecule has 1 saturated heterocycles. The van der Waals surface area contributed by atoms with Crippen molar-refractivity contribution in [2.45, 2.75) is 38.5 Å². The molecule has 3 aromatic rings. The van der Waals surface area contributed by atoms with E-state index in [2.05, 4.69) is 22.4 Å². The second-order valence-corrected chi connectivity index (χ2v) is 7.76. The zero-order valence-corrected chi connectivity index (χ0v) is 17.8. The summed E-state index contributed by atoms with van der Waals surface area (Å²) in [4.78, 5) is 19.1. The van der Waals surface area contributed by atoms with Crippen molar-refractivity contribution in [3.63, 3.8) is 0 Å². The van der Waals surface area contributed by atoms with Gasteiger partial charge in [0.25, 0.3) is 0 Å². The average Bonchev–Trinajstić information content (AvgIpc) is 3.31. The molecule has 1 aromatic heterocycles. The van der Waals surface area contributed by atoms with Gasteiger partial charge in [-0.25, -0.2) is 4.79 Å². The molecule has 1 N–H and O–H groups in total. The van der Waals surface area contributed by atoms with Crippen LogP contribution < -0.4 is 10.1 Å². The van der Waals surface area contributed by atoms with Gasteiger partial charge >= 0.3 is 6.03 Å². The Balaban J connectivity index is 1.37. The Morgan fingerprint density at radius 2 is 2.00 bits per heavy atom. The number of ether oxygens (including phenoxy) is 1. The molecule has 7 nitrogen and oxygen atoms in total. The van der Waals surface area contributed by atoms with Gasteiger partial charge in [-0.1, -0.05) is 36.7 Å². The summed E-state index contributed by atoms with van der Waals surface area (Å²) in [5, 5.41) is 7.10. The third-order valence-electron chi connectivity index (χ3n) is 5.40. The number of hydrogen-bond acceptors (Lipinski definition) is 5. The lowest BCUT2D eigenvalue weighted by molar-refractivity contribution is 0.184. The molecule has 1 aliphatic heterocycles. The molecule has 2 heterocycles. The average molecular weight is 421 g/mol. The lowest BCUT2D eigenvalue weighted by atomic mass is 9.98. The Kier molecular flexibility index (Phi) is 6.82. The second kappa shape index (κ2) is 10.1. The van der Waals surface area contributed by atoms with Gasteiger partial charge < -0.3 is 19.5 Å². The number of likely N-dealkylation sites (tertiary alicyclic amines) is 1. The first-order valence-electron chi connectivity index (χ1n) is 10.9. The number of nitrogens with zero attached hydrogens (tertiary/aromatic N) is 3. The molecule has 2 aromatic carbocycles. The molecule has 31 heavy (non-hydrogen) atoms. The summed E-state index contributed by atoms with van der Waals surface area (Å²) >= 11 is 0. The second-order valence-electron chi connectivity index (χ2n) is 7.76. The predicted octanol–water partition coefficient (Wildman–Crippen LogP) is 5.33. The molecule has 162 valence electrons. The highest BCUT2D eigenvalue weighted by molar-refractivity contribution is 5.89. The minimum atomic E-state index is -0.102. The van der Waals surface area contributed by atoms with E-state index in [-0.39, 0.29) is 11.9 Å². The molecule has 0 aliphatic carbocycles. The third kappa shape index (κ3) is 5.42. The summed E-state index contributed by atoms with van der Waals surface area (Å²) in [5.74, 6) is 2.01. The number of nitrogens with one attached hydrogen (secondary N) is 1. The van der Waals surface area contributed by atoms with Crippen LogP contribution in [0.25, 0.3) is 11.4 Å². The van der Waals surface area contributed by atoms with E-state index in [4.69, 9.17) is 9.26 Å². The van der Waals surface area contributed by atoms with Crippen LogP contribution in [0.1, 0.15) is 44.4 Å². The number of amides is 2. The molecule has 1 fully saturated rings. The summed E-state index contributed by atoms with van der Waals surface area (Å²) in [6.07, 6.45) is 3.96. The van der Waals surface area contributed by atoms with E-state index in [9.17, 15) is 4.79 Å². The molecule has 0 saturated carbocycles. The van der Waals surface area contributed by atoms with E-state index in [0.717, 1.165) is 55.8 Å². The summed E-state index contributed by atoms with van der Waals surface area (Å²) in [5.41, 5.74) is 1.67. The predicted molar refractivity (Wildman–Crippen MR) is 119 cm³/mol. The molecule has 0 radical (unpaired) electrons. The van der Waals surface area contributed by atoms with E-state index >= 15 is 0 Å². The maximum Gasteiger partial charge on any atom is 0.321 e. The number of unbranched alkanes of at least 4 members (excludes halogenated alkanes) is 1. The molecule has 1 aliphatic rings. The quantitative estimate of drug-likeness (QED) is 0.523. The number of carbonyl (C=O) groups excluding carboxylic acids is 1. The van der Waals surface area contributed by atoms with E-state index < -0.39 is 0 Å². The monoisotopic (exact) mass is 420 g/mol. The van der Waals surface area contributed by atoms with Crippen LogP contribution in [-0.4, -0.2) is 40.8 Å². The van der Waals surface area contributed by atoms with Gasteiger partial charge in [0.15, 0.2) is 0 Å². The van der Waals surface area contributed by atoms with Crippen molar-refractivity contribution in [3.8, 4) is 17.1 Å². The van der Waals surface area contributed by atoms with Crippen LogP contribution in [0.3, 0.4) is 0 Å². The summed E-state index contributed by atoms with van der Waals surface area (Å²) in [6, 6.07) is 17.1. The number of aromatic nitrogens is 2. The zero-order chi connectivity index (χ0) is 21.5. The van der Waals surface area contributed by atoms with E-state index in [0.29, 0.717) is 18.3 Å². The van der Waals surface area contributed by atoms with Crippen LogP contribution in [0.5, 0.6) is 5.75 Å². The van der Waals surface area contributed by atoms with Gasteiger partial charge in [-0.15, -0.1) is 0 Å². The maximum atomic E-state index is 12.6. The fourth-order valence-electron chi connectivity index (χ4n) is 3.64. The number of urea groups is 1. The fraction of sp³-hybridized carbons (Fsp3) is 0.375. The first-order valence-corrected chi connectivity index (χ1v) is 10.9. The molecule has 2 amide bonds. The lowest BCUT2D eigenvalue weighted by Gasteiger charge is -2.31. The van der Waals surface area contributed by atoms with E-state index in [1.54, 1.807) is 0 Å². The minimum absolute atomic E-state index is 0.0353. The Morgan fingerprint density at radius 1 is 1.19 bits per heavy atom. The Labute approximate surface area is 182 Å². The number of carbonyl (C=O) groups is 1. The van der Waals surface area contributed by atoms with Gasteiger partial charge in [-0.05, 0) is 55.7 Å². The van der Waals surface area contributed by atoms with Crippen molar-refractivity contribution in [2.24, 2.45) is 0 Å². The van der Waals surface area contributed by atoms with Crippen LogP contribution in [0.2, 0.25) is 0 Å². The lowest BCUT2D eigenvalue weighted by Crippen LogP contribution is -2.41. The third-order valence-corrected chi connectivity index (χ3v) is 5.40. The topological polar surface area (TPSA) is 80.5 Å². The maximum absolute atomic E-state index is 12.6. The number of hydrogen-bond donors (Lipinski definition) is 1. The Morgan fingerprint density at radius 3 is 2.77 bits per heavy atom. The van der Waals surface area contributed by atoms with Crippen LogP contribution in [-0.2, 0) is 0 Å². The molecule has 1 unspecified atom stereocenters. The summed E-state index contributed by atoms with van der Waals surface area (Å²) in [6.45, 7) is 4.14. The van der Waals surface area contributed by atoms with Crippen LogP contribution in [0.4, 0.5) is 10.5 Å². The van der Waals surface area contributed by atoms with Crippen molar-refractivity contribution in [2.75, 3.05) is 25.0 Å². The molecular weight excluding hydrogens is 392 g/mol. The number of benzene rings is 2. The van der Waals surface area contributed by atoms with Gasteiger partial charge in [0.05, 0.1) is 12.5 Å². The van der Waals surface area contributed by atoms with Gasteiger partial charge in [0.1, 0.15) is 5.75 Å². The number of anilines is 1. The van der Waals surface area contributed by atoms with Crippen molar-refractivity contribution in [1.82, 2.24) is 15.0 Å². The molecule has 0 spiro atoms. The van der Waals surface area contributed by atoms with Crippen LogP contribution >= 0.6 is 0 Å². The summed E-state index contributed by atoms with van der Waals surface area (Å²) < 4.78 is 11.3. The Bertz CT molecular complexity index is 972. The van der Waals surface area contributed by atoms with Gasteiger partial charge in [-0.3, -0.25) is 0 Å². The van der Waals surface area contributed by atoms with Gasteiger partial charge in [0.2, 0.25) is 11.7 Å². The minimum Gasteiger partial charge on any atom is -0.494 e. The van der Waals surface area contributed by atoms with E-state index in [1.165, 1.54) is 0 Å². The number of rotatable bonds is 7. The SMILES string of the molecule is CCCCOc1ccc(-c2noc(C3CCCN(C(=O)Nc4ccccc4)C3)n2)cc1. The van der Waals surface area contributed by atoms with E-state index in [1.807, 2.05) is 59.5 Å². The first kappa shape index (κ1) is 20.9. The highest BCUT2D eigenvalue weighted by atomic mass is 16.5. The molecule has 7 heteroatoms. The molecule has 1 atom stereocenters. The van der Waals surface area contributed by atoms with Crippen LogP contribution in [0.15, 0.2) is 59.1 Å². The number of piperidine rings is 1. The highest BCUT2D eigenvalue weighted by Gasteiger charge is 2.28. The zero-order valence-electron chi connectivity index (χ0n) is 17.8. The highest BCUT2D eigenvalue weighted by Crippen LogP contribution is 2.28. The Hall–Kier alpha value is -3.35. The van der Waals surface area contributed by atoms with Gasteiger partial charge in [0, 0.05) is 24.3 Å². The van der Waals surface area contributed by atoms with Crippen molar-refractivity contribution < 1.29 is 14.1 Å². The molecule has 4 rings (SSSR count). The van der Waals surface area contributed by atoms with Crippen molar-refractivity contribution in [1.29, 1.82) is 0 Å². The normalized spacial score (nSPS) is 16.2. The first-order chi connectivity index (χ1) is 15.2. The molecular formula is C24H28N4O3. The van der Waals surface area contributed by atoms with Gasteiger partial charge in [-0.2, -0.15) is 4.98 Å². The summed E-state index contributed by atoms with van der Waals surface area (Å²) in [7, 11) is 0. The number of para-hydroxylation sites is 1. The van der Waals surface area contributed by atoms with Crippen molar-refractivity contribution >= 4 is 11.7 Å². The standard InChI is InChI=1S/C24H28N4O3/c1-2-3-16-30-21-13-11-18(12-14-21)22-26-23(31-27-22)19-8-7-15-28(17-19)24(29)25-20-9-5-4-6-10-20/h4-6,9-14,19H,2-3,7-8,15-17H2,1H3,(H,25,29). The smallest absolute Gasteiger partial charge is 0.321 e.